The number of hydrogen-bond acceptors (Lipinski definition) is 5. The van der Waals surface area contributed by atoms with E-state index in [4.69, 9.17) is 0 Å². The smallest absolute Gasteiger partial charge is 0.319 e. The molecule has 1 atom stereocenters. The van der Waals surface area contributed by atoms with Crippen molar-refractivity contribution in [3.05, 3.63) is 39.9 Å². The van der Waals surface area contributed by atoms with Crippen LogP contribution in [0.15, 0.2) is 24.3 Å². The Bertz CT molecular complexity index is 938. The van der Waals surface area contributed by atoms with Gasteiger partial charge in [0, 0.05) is 17.5 Å². The van der Waals surface area contributed by atoms with E-state index in [0.717, 1.165) is 24.2 Å². The first-order valence-corrected chi connectivity index (χ1v) is 10.6. The summed E-state index contributed by atoms with van der Waals surface area (Å²) in [5.41, 5.74) is -1.64. The van der Waals surface area contributed by atoms with Crippen LogP contribution in [0.4, 0.5) is 10.5 Å². The van der Waals surface area contributed by atoms with E-state index in [1.807, 2.05) is 0 Å². The zero-order valence-electron chi connectivity index (χ0n) is 16.9. The van der Waals surface area contributed by atoms with Gasteiger partial charge in [0.2, 0.25) is 0 Å². The maximum Gasteiger partial charge on any atom is 0.325 e. The number of nitro groups is 1. The van der Waals surface area contributed by atoms with E-state index in [1.165, 1.54) is 44.4 Å². The third-order valence-corrected chi connectivity index (χ3v) is 7.84. The van der Waals surface area contributed by atoms with Gasteiger partial charge in [-0.3, -0.25) is 24.6 Å². The summed E-state index contributed by atoms with van der Waals surface area (Å²) < 4.78 is 0. The lowest BCUT2D eigenvalue weighted by Gasteiger charge is -2.56. The number of ketones is 1. The fourth-order valence-electron chi connectivity index (χ4n) is 6.73. The minimum atomic E-state index is -1.43. The van der Waals surface area contributed by atoms with Crippen LogP contribution in [0.1, 0.15) is 51.0 Å². The summed E-state index contributed by atoms with van der Waals surface area (Å²) in [5.74, 6) is 1.25. The number of benzene rings is 1. The normalized spacial score (nSPS) is 36.8. The van der Waals surface area contributed by atoms with Crippen molar-refractivity contribution >= 4 is 23.4 Å². The maximum absolute atomic E-state index is 13.4. The Labute approximate surface area is 174 Å². The van der Waals surface area contributed by atoms with Crippen molar-refractivity contribution in [1.82, 2.24) is 10.2 Å². The summed E-state index contributed by atoms with van der Waals surface area (Å²) >= 11 is 0. The van der Waals surface area contributed by atoms with Crippen LogP contribution in [0.2, 0.25) is 0 Å². The van der Waals surface area contributed by atoms with Crippen molar-refractivity contribution in [2.45, 2.75) is 51.0 Å². The van der Waals surface area contributed by atoms with Gasteiger partial charge in [-0.2, -0.15) is 0 Å². The molecular formula is C22H25N3O5. The molecular weight excluding hydrogens is 386 g/mol. The molecule has 1 aromatic rings. The van der Waals surface area contributed by atoms with E-state index in [9.17, 15) is 24.5 Å². The van der Waals surface area contributed by atoms with Gasteiger partial charge < -0.3 is 5.32 Å². The van der Waals surface area contributed by atoms with Crippen molar-refractivity contribution < 1.29 is 19.3 Å². The van der Waals surface area contributed by atoms with Crippen LogP contribution >= 0.6 is 0 Å². The Kier molecular flexibility index (Phi) is 4.07. The van der Waals surface area contributed by atoms with E-state index in [0.29, 0.717) is 23.3 Å². The summed E-state index contributed by atoms with van der Waals surface area (Å²) in [7, 11) is 0. The molecule has 1 aliphatic heterocycles. The van der Waals surface area contributed by atoms with E-state index in [1.54, 1.807) is 6.07 Å². The van der Waals surface area contributed by atoms with Crippen LogP contribution in [-0.2, 0) is 15.1 Å². The highest BCUT2D eigenvalue weighted by Gasteiger charge is 2.56. The predicted octanol–water partition coefficient (Wildman–Crippen LogP) is 3.15. The minimum absolute atomic E-state index is 0.00612. The fraction of sp³-hybridized carbons (Fsp3) is 0.591. The van der Waals surface area contributed by atoms with Crippen molar-refractivity contribution in [3.8, 4) is 0 Å². The number of Topliss-reactive ketones (excluding diaryl/α,β-unsaturated/α-hetero) is 1. The molecule has 0 aromatic heterocycles. The molecule has 1 heterocycles. The van der Waals surface area contributed by atoms with Gasteiger partial charge in [-0.1, -0.05) is 12.1 Å². The van der Waals surface area contributed by atoms with Crippen LogP contribution in [0.3, 0.4) is 0 Å². The fourth-order valence-corrected chi connectivity index (χ4v) is 6.73. The van der Waals surface area contributed by atoms with E-state index < -0.39 is 22.4 Å². The topological polar surface area (TPSA) is 110 Å². The second kappa shape index (κ2) is 6.36. The zero-order chi connectivity index (χ0) is 21.3. The minimum Gasteiger partial charge on any atom is -0.319 e. The molecule has 1 saturated heterocycles. The molecule has 1 unspecified atom stereocenters. The molecule has 4 bridgehead atoms. The number of hydrogen-bond donors (Lipinski definition) is 1. The third kappa shape index (κ3) is 2.76. The molecule has 5 aliphatic rings. The molecule has 4 aliphatic carbocycles. The number of amides is 3. The van der Waals surface area contributed by atoms with E-state index in [2.05, 4.69) is 5.32 Å². The highest BCUT2D eigenvalue weighted by Crippen LogP contribution is 2.60. The quantitative estimate of drug-likeness (QED) is 0.455. The average Bonchev–Trinajstić information content (AvgIpc) is 2.91. The van der Waals surface area contributed by atoms with E-state index in [-0.39, 0.29) is 23.4 Å². The van der Waals surface area contributed by atoms with Crippen molar-refractivity contribution in [1.29, 1.82) is 0 Å². The second-order valence-electron chi connectivity index (χ2n) is 9.87. The van der Waals surface area contributed by atoms with Crippen LogP contribution in [0.25, 0.3) is 0 Å². The molecule has 5 fully saturated rings. The monoisotopic (exact) mass is 411 g/mol. The summed E-state index contributed by atoms with van der Waals surface area (Å²) in [6, 6.07) is 5.08. The molecule has 158 valence electrons. The van der Waals surface area contributed by atoms with Gasteiger partial charge in [-0.05, 0) is 68.8 Å². The Morgan fingerprint density at radius 2 is 1.77 bits per heavy atom. The number of carbonyl (C=O) groups excluding carboxylic acids is 3. The lowest BCUT2D eigenvalue weighted by atomic mass is 9.48. The summed E-state index contributed by atoms with van der Waals surface area (Å²) in [6.45, 7) is 1.31. The Morgan fingerprint density at radius 1 is 1.17 bits per heavy atom. The second-order valence-corrected chi connectivity index (χ2v) is 9.87. The molecule has 8 heteroatoms. The summed E-state index contributed by atoms with van der Waals surface area (Å²) in [6.07, 6.45) is 6.26. The highest BCUT2D eigenvalue weighted by molar-refractivity contribution is 6.09. The molecule has 30 heavy (non-hydrogen) atoms. The molecule has 6 rings (SSSR count). The molecule has 0 spiro atoms. The lowest BCUT2D eigenvalue weighted by molar-refractivity contribution is -0.385. The molecule has 3 amide bonds. The predicted molar refractivity (Wildman–Crippen MR) is 106 cm³/mol. The summed E-state index contributed by atoms with van der Waals surface area (Å²) in [5, 5.41) is 13.8. The number of carbonyl (C=O) groups is 3. The first-order valence-electron chi connectivity index (χ1n) is 10.6. The molecule has 1 N–H and O–H groups in total. The Morgan fingerprint density at radius 3 is 2.33 bits per heavy atom. The number of non-ortho nitro benzene ring substituents is 1. The van der Waals surface area contributed by atoms with Gasteiger partial charge >= 0.3 is 6.03 Å². The molecule has 4 saturated carbocycles. The van der Waals surface area contributed by atoms with Crippen molar-refractivity contribution in [3.63, 3.8) is 0 Å². The average molecular weight is 411 g/mol. The van der Waals surface area contributed by atoms with Gasteiger partial charge in [0.15, 0.2) is 5.78 Å². The number of nitro benzene ring substituents is 1. The van der Waals surface area contributed by atoms with Gasteiger partial charge in [-0.25, -0.2) is 4.79 Å². The first kappa shape index (κ1) is 19.2. The maximum atomic E-state index is 13.4. The van der Waals surface area contributed by atoms with Crippen LogP contribution in [-0.4, -0.2) is 34.1 Å². The molecule has 0 radical (unpaired) electrons. The van der Waals surface area contributed by atoms with Crippen molar-refractivity contribution in [2.75, 3.05) is 6.54 Å². The number of urea groups is 1. The van der Waals surface area contributed by atoms with Crippen LogP contribution in [0, 0.1) is 33.3 Å². The largest absolute Gasteiger partial charge is 0.325 e. The summed E-state index contributed by atoms with van der Waals surface area (Å²) in [4.78, 5) is 50.8. The van der Waals surface area contributed by atoms with E-state index >= 15 is 0 Å². The SMILES string of the molecule is CC1(c2cccc([N+](=O)[O-])c2)NC(=O)N(CC(=O)C23CC4CC(CC(C4)C2)C3)C1=O. The van der Waals surface area contributed by atoms with Gasteiger partial charge in [-0.15, -0.1) is 0 Å². The van der Waals surface area contributed by atoms with Gasteiger partial charge in [0.1, 0.15) is 5.54 Å². The highest BCUT2D eigenvalue weighted by atomic mass is 16.6. The van der Waals surface area contributed by atoms with Crippen molar-refractivity contribution in [2.24, 2.45) is 23.2 Å². The number of imide groups is 1. The standard InChI is InChI=1S/C22H25N3O5/c1-21(16-3-2-4-17(8-16)25(29)30)19(27)24(20(28)23-21)12-18(26)22-9-13-5-14(10-22)7-15(6-13)11-22/h2-4,8,13-15H,5-7,9-12H2,1H3,(H,23,28). The van der Waals surface area contributed by atoms with Gasteiger partial charge in [0.25, 0.3) is 11.6 Å². The zero-order valence-corrected chi connectivity index (χ0v) is 16.9. The van der Waals surface area contributed by atoms with Gasteiger partial charge in [0.05, 0.1) is 11.5 Å². The number of nitrogens with zero attached hydrogens (tertiary/aromatic N) is 2. The first-order chi connectivity index (χ1) is 14.2. The third-order valence-electron chi connectivity index (χ3n) is 7.84. The van der Waals surface area contributed by atoms with Crippen LogP contribution < -0.4 is 5.32 Å². The number of nitrogens with one attached hydrogen (secondary N) is 1. The Hall–Kier alpha value is -2.77. The Balaban J connectivity index is 1.38. The lowest BCUT2D eigenvalue weighted by Crippen LogP contribution is -2.53. The number of rotatable bonds is 5. The molecule has 8 nitrogen and oxygen atoms in total. The van der Waals surface area contributed by atoms with Crippen LogP contribution in [0.5, 0.6) is 0 Å². The molecule has 1 aromatic carbocycles.